The molecule has 0 bridgehead atoms. The van der Waals surface area contributed by atoms with Crippen LogP contribution in [0.2, 0.25) is 0 Å². The fraction of sp³-hybridized carbons (Fsp3) is 0.250. The SMILES string of the molecule is COc1cccc(Oc2ccc(NC(=O)c3onc4c3CCCC4)cn2)c1. The van der Waals surface area contributed by atoms with Crippen LogP contribution < -0.4 is 14.8 Å². The van der Waals surface area contributed by atoms with Crippen LogP contribution in [0.4, 0.5) is 5.69 Å². The Labute approximate surface area is 156 Å². The van der Waals surface area contributed by atoms with Crippen molar-refractivity contribution >= 4 is 11.6 Å². The summed E-state index contributed by atoms with van der Waals surface area (Å²) in [6.45, 7) is 0. The molecule has 0 atom stereocenters. The maximum absolute atomic E-state index is 12.5. The lowest BCUT2D eigenvalue weighted by Crippen LogP contribution is -2.14. The van der Waals surface area contributed by atoms with Gasteiger partial charge in [-0.2, -0.15) is 0 Å². The standard InChI is InChI=1S/C20H19N3O4/c1-25-14-5-4-6-15(11-14)26-18-10-9-13(12-21-18)22-20(24)19-16-7-2-3-8-17(16)23-27-19/h4-6,9-12H,2-3,7-8H2,1H3,(H,22,24). The number of aryl methyl sites for hydroxylation is 1. The van der Waals surface area contributed by atoms with E-state index in [9.17, 15) is 4.79 Å². The fourth-order valence-corrected chi connectivity index (χ4v) is 3.06. The van der Waals surface area contributed by atoms with E-state index < -0.39 is 0 Å². The highest BCUT2D eigenvalue weighted by Gasteiger charge is 2.24. The van der Waals surface area contributed by atoms with Gasteiger partial charge in [0, 0.05) is 17.7 Å². The summed E-state index contributed by atoms with van der Waals surface area (Å²) in [7, 11) is 1.60. The maximum atomic E-state index is 12.5. The number of ether oxygens (including phenoxy) is 2. The van der Waals surface area contributed by atoms with Crippen LogP contribution in [0.25, 0.3) is 0 Å². The van der Waals surface area contributed by atoms with Gasteiger partial charge in [-0.1, -0.05) is 11.2 Å². The minimum Gasteiger partial charge on any atom is -0.497 e. The minimum atomic E-state index is -0.311. The topological polar surface area (TPSA) is 86.5 Å². The molecule has 2 heterocycles. The monoisotopic (exact) mass is 365 g/mol. The van der Waals surface area contributed by atoms with Gasteiger partial charge in [0.2, 0.25) is 11.6 Å². The van der Waals surface area contributed by atoms with Crippen LogP contribution in [0.15, 0.2) is 47.1 Å². The van der Waals surface area contributed by atoms with Gasteiger partial charge in [0.05, 0.1) is 24.7 Å². The minimum absolute atomic E-state index is 0.293. The van der Waals surface area contributed by atoms with Crippen LogP contribution in [0.1, 0.15) is 34.7 Å². The largest absolute Gasteiger partial charge is 0.497 e. The average molecular weight is 365 g/mol. The van der Waals surface area contributed by atoms with E-state index in [4.69, 9.17) is 14.0 Å². The van der Waals surface area contributed by atoms with Crippen LogP contribution in [-0.4, -0.2) is 23.2 Å². The summed E-state index contributed by atoms with van der Waals surface area (Å²) in [5, 5.41) is 6.81. The third-order valence-corrected chi connectivity index (χ3v) is 4.42. The lowest BCUT2D eigenvalue weighted by molar-refractivity contribution is 0.0986. The van der Waals surface area contributed by atoms with E-state index in [-0.39, 0.29) is 5.91 Å². The van der Waals surface area contributed by atoms with Crippen LogP contribution in [0.3, 0.4) is 0 Å². The van der Waals surface area contributed by atoms with Gasteiger partial charge in [0.25, 0.3) is 5.91 Å². The second-order valence-corrected chi connectivity index (χ2v) is 6.26. The van der Waals surface area contributed by atoms with E-state index in [1.165, 1.54) is 6.20 Å². The first kappa shape index (κ1) is 17.1. The summed E-state index contributed by atoms with van der Waals surface area (Å²) in [6.07, 6.45) is 5.36. The van der Waals surface area contributed by atoms with Crippen LogP contribution in [0.5, 0.6) is 17.4 Å². The van der Waals surface area contributed by atoms with Crippen molar-refractivity contribution in [2.45, 2.75) is 25.7 Å². The molecule has 1 N–H and O–H groups in total. The number of carbonyl (C=O) groups excluding carboxylic acids is 1. The highest BCUT2D eigenvalue weighted by atomic mass is 16.5. The molecule has 1 aliphatic carbocycles. The van der Waals surface area contributed by atoms with Crippen molar-refractivity contribution in [1.82, 2.24) is 10.1 Å². The number of methoxy groups -OCH3 is 1. The number of aromatic nitrogens is 2. The molecule has 7 heteroatoms. The predicted molar refractivity (Wildman–Crippen MR) is 98.4 cm³/mol. The number of benzene rings is 1. The summed E-state index contributed by atoms with van der Waals surface area (Å²) in [6, 6.07) is 10.7. The predicted octanol–water partition coefficient (Wildman–Crippen LogP) is 4.00. The Morgan fingerprint density at radius 3 is 2.81 bits per heavy atom. The summed E-state index contributed by atoms with van der Waals surface area (Å²) in [5.41, 5.74) is 2.37. The summed E-state index contributed by atoms with van der Waals surface area (Å²) < 4.78 is 16.1. The summed E-state index contributed by atoms with van der Waals surface area (Å²) >= 11 is 0. The van der Waals surface area contributed by atoms with E-state index in [1.807, 2.05) is 18.2 Å². The van der Waals surface area contributed by atoms with E-state index in [0.717, 1.165) is 36.9 Å². The quantitative estimate of drug-likeness (QED) is 0.735. The molecular weight excluding hydrogens is 346 g/mol. The Morgan fingerprint density at radius 1 is 1.15 bits per heavy atom. The molecule has 0 saturated heterocycles. The number of hydrogen-bond acceptors (Lipinski definition) is 6. The van der Waals surface area contributed by atoms with Crippen molar-refractivity contribution in [2.75, 3.05) is 12.4 Å². The molecule has 1 aliphatic rings. The van der Waals surface area contributed by atoms with Crippen LogP contribution in [0, 0.1) is 0 Å². The van der Waals surface area contributed by atoms with Crippen LogP contribution >= 0.6 is 0 Å². The second kappa shape index (κ2) is 7.49. The van der Waals surface area contributed by atoms with E-state index >= 15 is 0 Å². The van der Waals surface area contributed by atoms with Crippen LogP contribution in [-0.2, 0) is 12.8 Å². The van der Waals surface area contributed by atoms with E-state index in [1.54, 1.807) is 25.3 Å². The van der Waals surface area contributed by atoms with Gasteiger partial charge >= 0.3 is 0 Å². The zero-order valence-corrected chi connectivity index (χ0v) is 14.9. The molecule has 0 fully saturated rings. The van der Waals surface area contributed by atoms with Gasteiger partial charge in [0.15, 0.2) is 0 Å². The molecule has 4 rings (SSSR count). The second-order valence-electron chi connectivity index (χ2n) is 6.26. The highest BCUT2D eigenvalue weighted by Crippen LogP contribution is 2.26. The number of rotatable bonds is 5. The molecule has 0 spiro atoms. The highest BCUT2D eigenvalue weighted by molar-refractivity contribution is 6.03. The van der Waals surface area contributed by atoms with E-state index in [0.29, 0.717) is 28.8 Å². The van der Waals surface area contributed by atoms with Gasteiger partial charge in [0.1, 0.15) is 11.5 Å². The first-order valence-electron chi connectivity index (χ1n) is 8.79. The molecule has 0 radical (unpaired) electrons. The number of fused-ring (bicyclic) bond motifs is 1. The molecule has 0 saturated carbocycles. The molecule has 138 valence electrons. The number of amides is 1. The number of nitrogens with zero attached hydrogens (tertiary/aromatic N) is 2. The molecule has 27 heavy (non-hydrogen) atoms. The van der Waals surface area contributed by atoms with Gasteiger partial charge in [-0.15, -0.1) is 0 Å². The number of nitrogens with one attached hydrogen (secondary N) is 1. The molecule has 0 aliphatic heterocycles. The molecule has 1 aromatic carbocycles. The normalized spacial score (nSPS) is 12.9. The van der Waals surface area contributed by atoms with E-state index in [2.05, 4.69) is 15.5 Å². The Balaban J connectivity index is 1.43. The first-order chi connectivity index (χ1) is 13.2. The Bertz CT molecular complexity index is 950. The van der Waals surface area contributed by atoms with Crippen molar-refractivity contribution in [2.24, 2.45) is 0 Å². The molecule has 1 amide bonds. The molecule has 3 aromatic rings. The lowest BCUT2D eigenvalue weighted by Gasteiger charge is -2.10. The third kappa shape index (κ3) is 3.76. The smallest absolute Gasteiger partial charge is 0.294 e. The van der Waals surface area contributed by atoms with Gasteiger partial charge < -0.3 is 19.3 Å². The first-order valence-corrected chi connectivity index (χ1v) is 8.79. The van der Waals surface area contributed by atoms with Crippen molar-refractivity contribution in [3.8, 4) is 17.4 Å². The number of pyridine rings is 1. The maximum Gasteiger partial charge on any atom is 0.294 e. The zero-order valence-electron chi connectivity index (χ0n) is 14.9. The number of hydrogen-bond donors (Lipinski definition) is 1. The van der Waals surface area contributed by atoms with Crippen molar-refractivity contribution in [1.29, 1.82) is 0 Å². The summed E-state index contributed by atoms with van der Waals surface area (Å²) in [4.78, 5) is 16.7. The zero-order chi connectivity index (χ0) is 18.6. The Hall–Kier alpha value is -3.35. The molecular formula is C20H19N3O4. The van der Waals surface area contributed by atoms with Crippen molar-refractivity contribution in [3.05, 3.63) is 59.6 Å². The van der Waals surface area contributed by atoms with Crippen molar-refractivity contribution in [3.63, 3.8) is 0 Å². The molecule has 2 aromatic heterocycles. The number of anilines is 1. The Morgan fingerprint density at radius 2 is 2.00 bits per heavy atom. The third-order valence-electron chi connectivity index (χ3n) is 4.42. The van der Waals surface area contributed by atoms with Gasteiger partial charge in [-0.3, -0.25) is 4.79 Å². The number of carbonyl (C=O) groups is 1. The summed E-state index contributed by atoms with van der Waals surface area (Å²) in [5.74, 6) is 1.72. The molecule has 7 nitrogen and oxygen atoms in total. The average Bonchev–Trinajstić information content (AvgIpc) is 3.14. The lowest BCUT2D eigenvalue weighted by atomic mass is 9.96. The van der Waals surface area contributed by atoms with Gasteiger partial charge in [-0.25, -0.2) is 4.98 Å². The fourth-order valence-electron chi connectivity index (χ4n) is 3.06. The van der Waals surface area contributed by atoms with Crippen molar-refractivity contribution < 1.29 is 18.8 Å². The Kier molecular flexibility index (Phi) is 4.74. The van der Waals surface area contributed by atoms with Gasteiger partial charge in [-0.05, 0) is 43.9 Å². The molecule has 0 unspecified atom stereocenters.